The van der Waals surface area contributed by atoms with Crippen LogP contribution in [0.25, 0.3) is 0 Å². The Morgan fingerprint density at radius 2 is 2.33 bits per heavy atom. The largest absolute Gasteiger partial charge is 0.376 e. The number of rotatable bonds is 4. The van der Waals surface area contributed by atoms with Gasteiger partial charge in [-0.3, -0.25) is 0 Å². The van der Waals surface area contributed by atoms with E-state index in [4.69, 9.17) is 15.2 Å². The lowest BCUT2D eigenvalue weighted by Crippen LogP contribution is -2.40. The third kappa shape index (κ3) is 2.71. The van der Waals surface area contributed by atoms with E-state index in [1.165, 1.54) is 12.8 Å². The van der Waals surface area contributed by atoms with E-state index in [2.05, 4.69) is 6.92 Å². The first-order chi connectivity index (χ1) is 7.24. The minimum atomic E-state index is -0.0363. The smallest absolute Gasteiger partial charge is 0.0809 e. The van der Waals surface area contributed by atoms with Gasteiger partial charge in [0.2, 0.25) is 0 Å². The molecule has 2 fully saturated rings. The molecule has 0 bridgehead atoms. The molecule has 0 aromatic rings. The van der Waals surface area contributed by atoms with Crippen LogP contribution in [0.15, 0.2) is 0 Å². The van der Waals surface area contributed by atoms with Gasteiger partial charge in [-0.2, -0.15) is 0 Å². The Hall–Kier alpha value is -0.120. The van der Waals surface area contributed by atoms with Crippen LogP contribution in [0.3, 0.4) is 0 Å². The summed E-state index contributed by atoms with van der Waals surface area (Å²) in [7, 11) is 0. The minimum Gasteiger partial charge on any atom is -0.376 e. The molecule has 1 saturated carbocycles. The second-order valence-electron chi connectivity index (χ2n) is 5.18. The van der Waals surface area contributed by atoms with Crippen molar-refractivity contribution in [2.45, 2.75) is 50.7 Å². The van der Waals surface area contributed by atoms with Crippen LogP contribution in [0.4, 0.5) is 0 Å². The van der Waals surface area contributed by atoms with Gasteiger partial charge in [0.1, 0.15) is 0 Å². The summed E-state index contributed by atoms with van der Waals surface area (Å²) in [5.74, 6) is 0.762. The number of nitrogens with two attached hydrogens (primary N) is 1. The fourth-order valence-corrected chi connectivity index (χ4v) is 2.77. The van der Waals surface area contributed by atoms with Crippen LogP contribution in [0, 0.1) is 5.92 Å². The molecule has 2 N–H and O–H groups in total. The predicted molar refractivity (Wildman–Crippen MR) is 59.7 cm³/mol. The summed E-state index contributed by atoms with van der Waals surface area (Å²) in [6.45, 7) is 4.58. The molecule has 0 amide bonds. The van der Waals surface area contributed by atoms with E-state index < -0.39 is 0 Å². The molecule has 3 atom stereocenters. The Morgan fingerprint density at radius 3 is 2.87 bits per heavy atom. The summed E-state index contributed by atoms with van der Waals surface area (Å²) in [5.41, 5.74) is 5.81. The molecule has 1 heterocycles. The van der Waals surface area contributed by atoms with Crippen molar-refractivity contribution in [3.63, 3.8) is 0 Å². The van der Waals surface area contributed by atoms with Gasteiger partial charge in [-0.15, -0.1) is 0 Å². The number of hydrogen-bond donors (Lipinski definition) is 1. The molecule has 0 aromatic heterocycles. The SMILES string of the molecule is CC1CCC(CN)(OCC2CCCO2)C1. The van der Waals surface area contributed by atoms with Crippen LogP contribution in [0.1, 0.15) is 39.0 Å². The highest BCUT2D eigenvalue weighted by Crippen LogP contribution is 2.36. The summed E-state index contributed by atoms with van der Waals surface area (Å²) in [6, 6.07) is 0. The second kappa shape index (κ2) is 4.81. The summed E-state index contributed by atoms with van der Waals surface area (Å²) >= 11 is 0. The van der Waals surface area contributed by atoms with Crippen molar-refractivity contribution in [3.05, 3.63) is 0 Å². The molecule has 2 rings (SSSR count). The zero-order chi connectivity index (χ0) is 10.7. The molecule has 0 radical (unpaired) electrons. The number of hydrogen-bond acceptors (Lipinski definition) is 3. The summed E-state index contributed by atoms with van der Waals surface area (Å²) in [4.78, 5) is 0. The maximum absolute atomic E-state index is 6.04. The van der Waals surface area contributed by atoms with E-state index in [1.807, 2.05) is 0 Å². The van der Waals surface area contributed by atoms with Crippen LogP contribution < -0.4 is 5.73 Å². The first-order valence-corrected chi connectivity index (χ1v) is 6.20. The van der Waals surface area contributed by atoms with Crippen molar-refractivity contribution in [1.29, 1.82) is 0 Å². The van der Waals surface area contributed by atoms with Crippen molar-refractivity contribution in [3.8, 4) is 0 Å². The van der Waals surface area contributed by atoms with E-state index in [1.54, 1.807) is 0 Å². The molecule has 0 spiro atoms. The van der Waals surface area contributed by atoms with Crippen molar-refractivity contribution in [2.75, 3.05) is 19.8 Å². The average molecular weight is 213 g/mol. The topological polar surface area (TPSA) is 44.5 Å². The van der Waals surface area contributed by atoms with Gasteiger partial charge < -0.3 is 15.2 Å². The highest BCUT2D eigenvalue weighted by Gasteiger charge is 2.37. The Kier molecular flexibility index (Phi) is 3.65. The molecule has 1 aliphatic heterocycles. The fraction of sp³-hybridized carbons (Fsp3) is 1.00. The summed E-state index contributed by atoms with van der Waals surface area (Å²) < 4.78 is 11.6. The lowest BCUT2D eigenvalue weighted by Gasteiger charge is -2.29. The van der Waals surface area contributed by atoms with Gasteiger partial charge in [0, 0.05) is 13.2 Å². The Labute approximate surface area is 92.3 Å². The molecule has 2 aliphatic rings. The first-order valence-electron chi connectivity index (χ1n) is 6.20. The van der Waals surface area contributed by atoms with Gasteiger partial charge in [-0.05, 0) is 38.0 Å². The maximum Gasteiger partial charge on any atom is 0.0809 e. The number of ether oxygens (including phenoxy) is 2. The van der Waals surface area contributed by atoms with Crippen molar-refractivity contribution < 1.29 is 9.47 Å². The maximum atomic E-state index is 6.04. The Morgan fingerprint density at radius 1 is 1.47 bits per heavy atom. The van der Waals surface area contributed by atoms with Crippen molar-refractivity contribution in [2.24, 2.45) is 11.7 Å². The van der Waals surface area contributed by atoms with Gasteiger partial charge in [0.25, 0.3) is 0 Å². The molecule has 1 saturated heterocycles. The lowest BCUT2D eigenvalue weighted by atomic mass is 10.0. The first kappa shape index (κ1) is 11.4. The molecule has 3 unspecified atom stereocenters. The van der Waals surface area contributed by atoms with Gasteiger partial charge in [0.15, 0.2) is 0 Å². The highest BCUT2D eigenvalue weighted by molar-refractivity contribution is 4.90. The standard InChI is InChI=1S/C12H23NO2/c1-10-4-5-12(7-10,9-13)15-8-11-3-2-6-14-11/h10-11H,2-9,13H2,1H3. The van der Waals surface area contributed by atoms with E-state index in [-0.39, 0.29) is 5.60 Å². The average Bonchev–Trinajstić information content (AvgIpc) is 2.85. The molecule has 15 heavy (non-hydrogen) atoms. The Balaban J connectivity index is 1.80. The monoisotopic (exact) mass is 213 g/mol. The molecular formula is C12H23NO2. The zero-order valence-electron chi connectivity index (χ0n) is 9.71. The van der Waals surface area contributed by atoms with Crippen LogP contribution in [0.5, 0.6) is 0 Å². The third-order valence-corrected chi connectivity index (χ3v) is 3.78. The quantitative estimate of drug-likeness (QED) is 0.773. The summed E-state index contributed by atoms with van der Waals surface area (Å²) in [5, 5.41) is 0. The molecule has 3 nitrogen and oxygen atoms in total. The van der Waals surface area contributed by atoms with Crippen molar-refractivity contribution >= 4 is 0 Å². The van der Waals surface area contributed by atoms with Crippen LogP contribution >= 0.6 is 0 Å². The van der Waals surface area contributed by atoms with E-state index >= 15 is 0 Å². The van der Waals surface area contributed by atoms with Crippen LogP contribution in [-0.2, 0) is 9.47 Å². The Bertz CT molecular complexity index is 204. The lowest BCUT2D eigenvalue weighted by molar-refractivity contribution is -0.0771. The van der Waals surface area contributed by atoms with E-state index in [0.29, 0.717) is 12.6 Å². The second-order valence-corrected chi connectivity index (χ2v) is 5.18. The summed E-state index contributed by atoms with van der Waals surface area (Å²) in [6.07, 6.45) is 6.15. The highest BCUT2D eigenvalue weighted by atomic mass is 16.5. The van der Waals surface area contributed by atoms with Crippen LogP contribution in [0.2, 0.25) is 0 Å². The third-order valence-electron chi connectivity index (χ3n) is 3.78. The minimum absolute atomic E-state index is 0.0363. The van der Waals surface area contributed by atoms with Gasteiger partial charge in [0.05, 0.1) is 18.3 Å². The normalized spacial score (nSPS) is 41.2. The van der Waals surface area contributed by atoms with Crippen molar-refractivity contribution in [1.82, 2.24) is 0 Å². The van der Waals surface area contributed by atoms with Crippen LogP contribution in [-0.4, -0.2) is 31.5 Å². The molecular weight excluding hydrogens is 190 g/mol. The molecule has 88 valence electrons. The molecule has 1 aliphatic carbocycles. The molecule has 0 aromatic carbocycles. The van der Waals surface area contributed by atoms with Gasteiger partial charge in [-0.1, -0.05) is 6.92 Å². The fourth-order valence-electron chi connectivity index (χ4n) is 2.77. The van der Waals surface area contributed by atoms with Gasteiger partial charge in [-0.25, -0.2) is 0 Å². The predicted octanol–water partition coefficient (Wildman–Crippen LogP) is 1.70. The van der Waals surface area contributed by atoms with Gasteiger partial charge >= 0.3 is 0 Å². The molecule has 3 heteroatoms. The van der Waals surface area contributed by atoms with E-state index in [0.717, 1.165) is 38.4 Å². The van der Waals surface area contributed by atoms with E-state index in [9.17, 15) is 0 Å². The zero-order valence-corrected chi connectivity index (χ0v) is 9.71.